The van der Waals surface area contributed by atoms with Gasteiger partial charge in [-0.25, -0.2) is 14.6 Å². The van der Waals surface area contributed by atoms with E-state index in [0.29, 0.717) is 6.54 Å². The fraction of sp³-hybridized carbons (Fsp3) is 0.0909. The highest BCUT2D eigenvalue weighted by Crippen LogP contribution is 2.11. The lowest BCUT2D eigenvalue weighted by Gasteiger charge is -2.01. The normalized spacial score (nSPS) is 10.9. The molecule has 17 heavy (non-hydrogen) atoms. The van der Waals surface area contributed by atoms with E-state index in [-0.39, 0.29) is 5.28 Å². The first-order valence-corrected chi connectivity index (χ1v) is 5.45. The topological polar surface area (TPSA) is 56.5 Å². The summed E-state index contributed by atoms with van der Waals surface area (Å²) in [5.74, 6) is 0. The molecule has 5 nitrogen and oxygen atoms in total. The number of nitrogens with zero attached hydrogens (tertiary/aromatic N) is 5. The van der Waals surface area contributed by atoms with Gasteiger partial charge in [0.2, 0.25) is 5.28 Å². The van der Waals surface area contributed by atoms with Gasteiger partial charge >= 0.3 is 0 Å². The van der Waals surface area contributed by atoms with Gasteiger partial charge in [-0.3, -0.25) is 0 Å². The van der Waals surface area contributed by atoms with Crippen LogP contribution in [0, 0.1) is 0 Å². The smallest absolute Gasteiger partial charge is 0.222 e. The first-order valence-electron chi connectivity index (χ1n) is 5.07. The second kappa shape index (κ2) is 4.10. The minimum atomic E-state index is 0.247. The molecule has 2 heterocycles. The van der Waals surface area contributed by atoms with Gasteiger partial charge in [-0.15, -0.1) is 5.10 Å². The van der Waals surface area contributed by atoms with Gasteiger partial charge in [-0.2, -0.15) is 0 Å². The fourth-order valence-electron chi connectivity index (χ4n) is 1.63. The molecule has 6 heteroatoms. The number of aromatic nitrogens is 5. The van der Waals surface area contributed by atoms with Crippen molar-refractivity contribution in [2.45, 2.75) is 6.54 Å². The predicted octanol–water partition coefficient (Wildman–Crippen LogP) is 1.92. The van der Waals surface area contributed by atoms with Crippen molar-refractivity contribution >= 4 is 22.6 Å². The number of hydrogen-bond acceptors (Lipinski definition) is 4. The van der Waals surface area contributed by atoms with Crippen molar-refractivity contribution in [2.75, 3.05) is 0 Å². The Bertz CT molecular complexity index is 646. The van der Waals surface area contributed by atoms with E-state index in [2.05, 4.69) is 20.3 Å². The number of para-hydroxylation sites is 1. The minimum absolute atomic E-state index is 0.247. The van der Waals surface area contributed by atoms with Gasteiger partial charge in [0.05, 0.1) is 12.1 Å². The molecule has 0 spiro atoms. The maximum absolute atomic E-state index is 5.63. The van der Waals surface area contributed by atoms with Crippen LogP contribution in [0.4, 0.5) is 0 Å². The second-order valence-corrected chi connectivity index (χ2v) is 3.93. The summed E-state index contributed by atoms with van der Waals surface area (Å²) >= 11 is 5.63. The third kappa shape index (κ3) is 1.97. The van der Waals surface area contributed by atoms with Gasteiger partial charge in [0.25, 0.3) is 0 Å². The van der Waals surface area contributed by atoms with Crippen molar-refractivity contribution in [1.82, 2.24) is 25.0 Å². The molecule has 0 radical (unpaired) electrons. The Morgan fingerprint density at radius 1 is 1.12 bits per heavy atom. The first kappa shape index (κ1) is 10.2. The second-order valence-electron chi connectivity index (χ2n) is 3.60. The molecule has 84 valence electrons. The largest absolute Gasteiger partial charge is 0.240 e. The molecule has 0 N–H and O–H groups in total. The summed E-state index contributed by atoms with van der Waals surface area (Å²) in [5.41, 5.74) is 2.80. The summed E-state index contributed by atoms with van der Waals surface area (Å²) in [6.07, 6.45) is 3.37. The molecule has 1 aromatic carbocycles. The van der Waals surface area contributed by atoms with E-state index in [4.69, 9.17) is 11.6 Å². The lowest BCUT2D eigenvalue weighted by Crippen LogP contribution is -2.02. The molecule has 0 atom stereocenters. The zero-order valence-corrected chi connectivity index (χ0v) is 9.54. The summed E-state index contributed by atoms with van der Waals surface area (Å²) in [6, 6.07) is 7.80. The molecule has 0 aliphatic carbocycles. The van der Waals surface area contributed by atoms with Crippen molar-refractivity contribution in [3.63, 3.8) is 0 Å². The van der Waals surface area contributed by atoms with Crippen LogP contribution in [-0.2, 0) is 6.54 Å². The van der Waals surface area contributed by atoms with Gasteiger partial charge in [-0.05, 0) is 23.7 Å². The lowest BCUT2D eigenvalue weighted by molar-refractivity contribution is 0.666. The predicted molar refractivity (Wildman–Crippen MR) is 63.7 cm³/mol. The quantitative estimate of drug-likeness (QED) is 0.648. The minimum Gasteiger partial charge on any atom is -0.240 e. The van der Waals surface area contributed by atoms with Crippen LogP contribution in [0.1, 0.15) is 5.56 Å². The van der Waals surface area contributed by atoms with Crippen molar-refractivity contribution in [1.29, 1.82) is 0 Å². The molecule has 0 saturated carbocycles. The third-order valence-corrected chi connectivity index (χ3v) is 2.62. The zero-order valence-electron chi connectivity index (χ0n) is 8.79. The van der Waals surface area contributed by atoms with Crippen molar-refractivity contribution in [3.05, 3.63) is 47.5 Å². The average Bonchev–Trinajstić information content (AvgIpc) is 2.76. The monoisotopic (exact) mass is 245 g/mol. The molecule has 0 amide bonds. The van der Waals surface area contributed by atoms with E-state index in [1.54, 1.807) is 12.4 Å². The van der Waals surface area contributed by atoms with Crippen molar-refractivity contribution in [3.8, 4) is 0 Å². The van der Waals surface area contributed by atoms with Gasteiger partial charge < -0.3 is 0 Å². The third-order valence-electron chi connectivity index (χ3n) is 2.43. The molecule has 3 rings (SSSR count). The zero-order chi connectivity index (χ0) is 11.7. The Morgan fingerprint density at radius 3 is 2.71 bits per heavy atom. The number of hydrogen-bond donors (Lipinski definition) is 0. The van der Waals surface area contributed by atoms with E-state index in [0.717, 1.165) is 16.6 Å². The van der Waals surface area contributed by atoms with Crippen LogP contribution in [0.5, 0.6) is 0 Å². The average molecular weight is 246 g/mol. The maximum Gasteiger partial charge on any atom is 0.222 e. The van der Waals surface area contributed by atoms with Crippen LogP contribution in [-0.4, -0.2) is 25.0 Å². The highest BCUT2D eigenvalue weighted by atomic mass is 35.5. The first-order chi connectivity index (χ1) is 8.33. The molecule has 0 aliphatic heterocycles. The van der Waals surface area contributed by atoms with E-state index in [1.165, 1.54) is 0 Å². The van der Waals surface area contributed by atoms with Crippen LogP contribution in [0.3, 0.4) is 0 Å². The Balaban J connectivity index is 1.97. The van der Waals surface area contributed by atoms with Crippen molar-refractivity contribution < 1.29 is 0 Å². The maximum atomic E-state index is 5.63. The van der Waals surface area contributed by atoms with Gasteiger partial charge in [0.15, 0.2) is 0 Å². The van der Waals surface area contributed by atoms with E-state index in [9.17, 15) is 0 Å². The molecule has 3 aromatic rings. The number of fused-ring (bicyclic) bond motifs is 1. The van der Waals surface area contributed by atoms with E-state index >= 15 is 0 Å². The molecule has 0 bridgehead atoms. The summed E-state index contributed by atoms with van der Waals surface area (Å²) in [7, 11) is 0. The Hall–Kier alpha value is -2.01. The molecule has 0 unspecified atom stereocenters. The summed E-state index contributed by atoms with van der Waals surface area (Å²) in [5, 5.41) is 8.42. The summed E-state index contributed by atoms with van der Waals surface area (Å²) in [6.45, 7) is 0.581. The molecule has 0 aliphatic rings. The van der Waals surface area contributed by atoms with Crippen LogP contribution < -0.4 is 0 Å². The van der Waals surface area contributed by atoms with Gasteiger partial charge in [0.1, 0.15) is 5.52 Å². The Labute approximate surface area is 102 Å². The molecular weight excluding hydrogens is 238 g/mol. The molecular formula is C11H8ClN5. The Morgan fingerprint density at radius 2 is 1.88 bits per heavy atom. The van der Waals surface area contributed by atoms with Crippen LogP contribution >= 0.6 is 11.6 Å². The number of halogens is 1. The van der Waals surface area contributed by atoms with Gasteiger partial charge in [-0.1, -0.05) is 17.3 Å². The van der Waals surface area contributed by atoms with Crippen LogP contribution in [0.15, 0.2) is 36.7 Å². The number of rotatable bonds is 2. The highest BCUT2D eigenvalue weighted by Gasteiger charge is 2.04. The summed E-state index contributed by atoms with van der Waals surface area (Å²) < 4.78 is 1.81. The number of benzene rings is 1. The SMILES string of the molecule is Clc1ncc(Cn2nnc3ccccc32)cn1. The summed E-state index contributed by atoms with van der Waals surface area (Å²) in [4.78, 5) is 7.87. The molecule has 0 fully saturated rings. The molecule has 2 aromatic heterocycles. The van der Waals surface area contributed by atoms with Gasteiger partial charge in [0, 0.05) is 18.0 Å². The fourth-order valence-corrected chi connectivity index (χ4v) is 1.73. The highest BCUT2D eigenvalue weighted by molar-refractivity contribution is 6.28. The van der Waals surface area contributed by atoms with Crippen LogP contribution in [0.2, 0.25) is 5.28 Å². The van der Waals surface area contributed by atoms with E-state index < -0.39 is 0 Å². The van der Waals surface area contributed by atoms with E-state index in [1.807, 2.05) is 28.9 Å². The van der Waals surface area contributed by atoms with Crippen LogP contribution in [0.25, 0.3) is 11.0 Å². The lowest BCUT2D eigenvalue weighted by atomic mass is 10.3. The molecule has 0 saturated heterocycles. The Kier molecular flexibility index (Phi) is 2.45. The standard InChI is InChI=1S/C11H8ClN5/c12-11-13-5-8(6-14-11)7-17-10-4-2-1-3-9(10)15-16-17/h1-6H,7H2. The van der Waals surface area contributed by atoms with Crippen molar-refractivity contribution in [2.24, 2.45) is 0 Å².